The summed E-state index contributed by atoms with van der Waals surface area (Å²) in [4.78, 5) is 18.1. The molecule has 0 atom stereocenters. The Hall–Kier alpha value is -3.28. The number of halogens is 1. The largest absolute Gasteiger partial charge is 0.481 e. The SMILES string of the molecule is COc1ccc(NC(=O)c2ccc(Cl)c(-c3ccc(-c4cccc(SC)c4)cc3)c2)cn1. The van der Waals surface area contributed by atoms with Crippen molar-refractivity contribution in [2.75, 3.05) is 18.7 Å². The second-order valence-electron chi connectivity index (χ2n) is 7.05. The highest BCUT2D eigenvalue weighted by Crippen LogP contribution is 2.32. The number of methoxy groups -OCH3 is 1. The molecular formula is C26H21ClN2O2S. The van der Waals surface area contributed by atoms with Crippen LogP contribution in [0.25, 0.3) is 22.3 Å². The molecule has 32 heavy (non-hydrogen) atoms. The Morgan fingerprint density at radius 2 is 1.72 bits per heavy atom. The normalized spacial score (nSPS) is 10.6. The molecule has 0 aliphatic rings. The number of hydrogen-bond acceptors (Lipinski definition) is 4. The molecule has 3 aromatic carbocycles. The van der Waals surface area contributed by atoms with E-state index < -0.39 is 0 Å². The monoisotopic (exact) mass is 460 g/mol. The van der Waals surface area contributed by atoms with E-state index in [1.165, 1.54) is 4.90 Å². The van der Waals surface area contributed by atoms with Gasteiger partial charge in [-0.15, -0.1) is 11.8 Å². The molecule has 4 rings (SSSR count). The van der Waals surface area contributed by atoms with Gasteiger partial charge >= 0.3 is 0 Å². The first-order chi connectivity index (χ1) is 15.6. The van der Waals surface area contributed by atoms with Crippen LogP contribution in [0, 0.1) is 0 Å². The van der Waals surface area contributed by atoms with Gasteiger partial charge in [0.2, 0.25) is 5.88 Å². The summed E-state index contributed by atoms with van der Waals surface area (Å²) >= 11 is 8.19. The van der Waals surface area contributed by atoms with E-state index in [2.05, 4.69) is 53.0 Å². The zero-order valence-corrected chi connectivity index (χ0v) is 19.2. The predicted octanol–water partition coefficient (Wildman–Crippen LogP) is 7.05. The zero-order valence-electron chi connectivity index (χ0n) is 17.6. The molecule has 0 bridgehead atoms. The molecule has 0 radical (unpaired) electrons. The third-order valence-corrected chi connectivity index (χ3v) is 6.09. The van der Waals surface area contributed by atoms with Gasteiger partial charge in [-0.3, -0.25) is 4.79 Å². The van der Waals surface area contributed by atoms with E-state index in [-0.39, 0.29) is 5.91 Å². The Balaban J connectivity index is 1.57. The molecule has 0 fully saturated rings. The van der Waals surface area contributed by atoms with Gasteiger partial charge in [-0.2, -0.15) is 0 Å². The fraction of sp³-hybridized carbons (Fsp3) is 0.0769. The van der Waals surface area contributed by atoms with Gasteiger partial charge in [0.1, 0.15) is 0 Å². The number of aromatic nitrogens is 1. The van der Waals surface area contributed by atoms with Crippen LogP contribution in [0.1, 0.15) is 10.4 Å². The highest BCUT2D eigenvalue weighted by molar-refractivity contribution is 7.98. The molecule has 4 aromatic rings. The number of thioether (sulfide) groups is 1. The number of pyridine rings is 1. The second kappa shape index (κ2) is 9.90. The minimum Gasteiger partial charge on any atom is -0.481 e. The first kappa shape index (κ1) is 21.9. The summed E-state index contributed by atoms with van der Waals surface area (Å²) in [5, 5.41) is 3.43. The molecule has 160 valence electrons. The maximum Gasteiger partial charge on any atom is 0.255 e. The highest BCUT2D eigenvalue weighted by atomic mass is 35.5. The van der Waals surface area contributed by atoms with E-state index in [0.29, 0.717) is 22.2 Å². The quantitative estimate of drug-likeness (QED) is 0.313. The summed E-state index contributed by atoms with van der Waals surface area (Å²) in [5.41, 5.74) is 5.13. The van der Waals surface area contributed by atoms with E-state index in [1.54, 1.807) is 55.4 Å². The number of rotatable bonds is 6. The first-order valence-electron chi connectivity index (χ1n) is 9.93. The van der Waals surface area contributed by atoms with Crippen LogP contribution in [0.2, 0.25) is 5.02 Å². The van der Waals surface area contributed by atoms with Crippen LogP contribution in [0.5, 0.6) is 5.88 Å². The number of anilines is 1. The Morgan fingerprint density at radius 3 is 2.41 bits per heavy atom. The van der Waals surface area contributed by atoms with E-state index in [9.17, 15) is 4.79 Å². The van der Waals surface area contributed by atoms with Gasteiger partial charge < -0.3 is 10.1 Å². The van der Waals surface area contributed by atoms with Crippen molar-refractivity contribution in [3.63, 3.8) is 0 Å². The molecule has 1 N–H and O–H groups in total. The van der Waals surface area contributed by atoms with Crippen LogP contribution in [0.4, 0.5) is 5.69 Å². The second-order valence-corrected chi connectivity index (χ2v) is 8.33. The molecule has 0 unspecified atom stereocenters. The van der Waals surface area contributed by atoms with Crippen LogP contribution in [-0.2, 0) is 0 Å². The standard InChI is InChI=1S/C26H21ClN2O2S/c1-31-25-13-11-21(16-28-25)29-26(30)20-10-12-24(27)23(15-20)18-8-6-17(7-9-18)19-4-3-5-22(14-19)32-2/h3-16H,1-2H3,(H,29,30). The average molecular weight is 461 g/mol. The van der Waals surface area contributed by atoms with Crippen LogP contribution >= 0.6 is 23.4 Å². The van der Waals surface area contributed by atoms with Crippen molar-refractivity contribution in [3.05, 3.63) is 95.6 Å². The van der Waals surface area contributed by atoms with Gasteiger partial charge in [0.05, 0.1) is 19.0 Å². The van der Waals surface area contributed by atoms with Gasteiger partial charge in [-0.1, -0.05) is 48.0 Å². The number of amides is 1. The van der Waals surface area contributed by atoms with E-state index >= 15 is 0 Å². The number of ether oxygens (including phenoxy) is 1. The average Bonchev–Trinajstić information content (AvgIpc) is 2.85. The van der Waals surface area contributed by atoms with E-state index in [1.807, 2.05) is 12.1 Å². The molecule has 0 aliphatic carbocycles. The Morgan fingerprint density at radius 1 is 0.938 bits per heavy atom. The van der Waals surface area contributed by atoms with Crippen LogP contribution in [0.15, 0.2) is 90.0 Å². The number of carbonyl (C=O) groups is 1. The third-order valence-electron chi connectivity index (χ3n) is 5.03. The number of benzene rings is 3. The number of nitrogens with one attached hydrogen (secondary N) is 1. The lowest BCUT2D eigenvalue weighted by atomic mass is 9.99. The summed E-state index contributed by atoms with van der Waals surface area (Å²) in [7, 11) is 1.55. The maximum atomic E-state index is 12.7. The van der Waals surface area contributed by atoms with E-state index in [4.69, 9.17) is 16.3 Å². The summed E-state index contributed by atoms with van der Waals surface area (Å²) < 4.78 is 5.05. The fourth-order valence-corrected chi connectivity index (χ4v) is 4.00. The predicted molar refractivity (Wildman–Crippen MR) is 133 cm³/mol. The smallest absolute Gasteiger partial charge is 0.255 e. The molecule has 0 aliphatic heterocycles. The molecule has 0 spiro atoms. The lowest BCUT2D eigenvalue weighted by molar-refractivity contribution is 0.102. The Kier molecular flexibility index (Phi) is 6.78. The molecular weight excluding hydrogens is 440 g/mol. The molecule has 1 amide bonds. The van der Waals surface area contributed by atoms with Crippen LogP contribution in [0.3, 0.4) is 0 Å². The summed E-state index contributed by atoms with van der Waals surface area (Å²) in [6.45, 7) is 0. The molecule has 1 heterocycles. The van der Waals surface area contributed by atoms with Crippen molar-refractivity contribution >= 4 is 35.0 Å². The minimum atomic E-state index is -0.236. The van der Waals surface area contributed by atoms with Crippen molar-refractivity contribution in [2.45, 2.75) is 4.90 Å². The van der Waals surface area contributed by atoms with Gasteiger partial charge in [0.15, 0.2) is 0 Å². The molecule has 0 saturated heterocycles. The van der Waals surface area contributed by atoms with Crippen molar-refractivity contribution < 1.29 is 9.53 Å². The van der Waals surface area contributed by atoms with Crippen molar-refractivity contribution in [3.8, 4) is 28.1 Å². The highest BCUT2D eigenvalue weighted by Gasteiger charge is 2.12. The number of nitrogens with zero attached hydrogens (tertiary/aromatic N) is 1. The molecule has 6 heteroatoms. The Bertz CT molecular complexity index is 1240. The zero-order chi connectivity index (χ0) is 22.5. The van der Waals surface area contributed by atoms with Gasteiger partial charge in [0.25, 0.3) is 5.91 Å². The molecule has 4 nitrogen and oxygen atoms in total. The first-order valence-corrected chi connectivity index (χ1v) is 11.5. The number of hydrogen-bond donors (Lipinski definition) is 1. The summed E-state index contributed by atoms with van der Waals surface area (Å²) in [6.07, 6.45) is 3.62. The fourth-order valence-electron chi connectivity index (χ4n) is 3.31. The topological polar surface area (TPSA) is 51.2 Å². The lowest BCUT2D eigenvalue weighted by Crippen LogP contribution is -2.12. The van der Waals surface area contributed by atoms with Crippen molar-refractivity contribution in [1.29, 1.82) is 0 Å². The summed E-state index contributed by atoms with van der Waals surface area (Å²) in [5.74, 6) is 0.251. The lowest BCUT2D eigenvalue weighted by Gasteiger charge is -2.10. The van der Waals surface area contributed by atoms with Crippen molar-refractivity contribution in [2.24, 2.45) is 0 Å². The maximum absolute atomic E-state index is 12.7. The number of carbonyl (C=O) groups excluding carboxylic acids is 1. The summed E-state index contributed by atoms with van der Waals surface area (Å²) in [6, 6.07) is 25.3. The van der Waals surface area contributed by atoms with Gasteiger partial charge in [-0.05, 0) is 59.3 Å². The van der Waals surface area contributed by atoms with E-state index in [0.717, 1.165) is 22.3 Å². The minimum absolute atomic E-state index is 0.236. The van der Waals surface area contributed by atoms with Gasteiger partial charge in [0, 0.05) is 27.1 Å². The molecule has 1 aromatic heterocycles. The van der Waals surface area contributed by atoms with Crippen molar-refractivity contribution in [1.82, 2.24) is 4.98 Å². The molecule has 0 saturated carbocycles. The van der Waals surface area contributed by atoms with Crippen LogP contribution < -0.4 is 10.1 Å². The van der Waals surface area contributed by atoms with Crippen LogP contribution in [-0.4, -0.2) is 24.3 Å². The third kappa shape index (κ3) is 4.96. The van der Waals surface area contributed by atoms with Gasteiger partial charge in [-0.25, -0.2) is 4.98 Å². The Labute approximate surface area is 196 Å².